The number of ether oxygens (including phenoxy) is 3. The van der Waals surface area contributed by atoms with Crippen LogP contribution < -0.4 is 19.5 Å². The van der Waals surface area contributed by atoms with Crippen molar-refractivity contribution in [2.24, 2.45) is 17.8 Å². The van der Waals surface area contributed by atoms with Crippen molar-refractivity contribution in [2.45, 2.75) is 204 Å². The standard InChI is InChI=1S/C28H34N2O3.C21H28N2O3.C20H23NO4/c1-29(16-18-5-3-2-4-6-18)21-11-12-28(32)23-15-20-9-10-22(31)25-24(20)27(28,26(21)33-25)13-14-30(23)17-19-7-8-19;1-22-14-6-7-21(25)16-10-13-4-5-15(24)18-17(13)20(21,19(14)26-18)8-9-23(16)11-12-2-3-12;22-13-4-3-12-9-15-20(24)6-5-14(23)18-19(20,16(12)17(13)25-18)7-8-21(15)10-11-1-2-11/h2-6,9-10,19,21,23,26,31-32H,7-8,11-17H2,1H3;4-5,12,14,16,19,22,24-25H,2-3,6-11H2,1H3;3-4,11,15,18,22,24H,1-2,5-10H2/t21-,23-,26+,27+,28-;14?,16-,19+,20+,21-;15-,18+,19+,20-/m111/s1. The van der Waals surface area contributed by atoms with Gasteiger partial charge in [-0.25, -0.2) is 0 Å². The van der Waals surface area contributed by atoms with Crippen LogP contribution in [0, 0.1) is 17.8 Å². The molecule has 15 aliphatic rings. The van der Waals surface area contributed by atoms with Gasteiger partial charge in [-0.3, -0.25) is 24.4 Å². The average Bonchev–Trinajstić information content (AvgIpc) is 1.39. The second kappa shape index (κ2) is 18.5. The largest absolute Gasteiger partial charge is 0.504 e. The Morgan fingerprint density at radius 1 is 0.536 bits per heavy atom. The fraction of sp³-hybridized carbons (Fsp3) is 0.638. The minimum Gasteiger partial charge on any atom is -0.504 e. The molecule has 19 rings (SSSR count). The zero-order valence-corrected chi connectivity index (χ0v) is 49.0. The number of aromatic hydroxyl groups is 3. The fourth-order valence-electron chi connectivity index (χ4n) is 20.9. The Hall–Kier alpha value is -4.97. The molecule has 446 valence electrons. The van der Waals surface area contributed by atoms with Gasteiger partial charge in [0.25, 0.3) is 0 Å². The predicted molar refractivity (Wildman–Crippen MR) is 314 cm³/mol. The van der Waals surface area contributed by atoms with Crippen molar-refractivity contribution in [3.05, 3.63) is 106 Å². The normalized spacial score (nSPS) is 40.0. The van der Waals surface area contributed by atoms with Crippen LogP contribution in [0.1, 0.15) is 135 Å². The van der Waals surface area contributed by atoms with Gasteiger partial charge in [0.15, 0.2) is 46.4 Å². The van der Waals surface area contributed by atoms with Gasteiger partial charge in [0.2, 0.25) is 0 Å². The lowest BCUT2D eigenvalue weighted by atomic mass is 9.48. The molecule has 0 radical (unpaired) electrons. The van der Waals surface area contributed by atoms with Gasteiger partial charge < -0.3 is 50.2 Å². The number of hydrogen-bond acceptors (Lipinski definition) is 15. The molecule has 6 bridgehead atoms. The van der Waals surface area contributed by atoms with Gasteiger partial charge >= 0.3 is 0 Å². The third-order valence-corrected chi connectivity index (χ3v) is 25.3. The number of hydrogen-bond donors (Lipinski definition) is 7. The van der Waals surface area contributed by atoms with Gasteiger partial charge in [0.05, 0.1) is 33.0 Å². The van der Waals surface area contributed by atoms with Crippen molar-refractivity contribution in [1.82, 2.24) is 24.9 Å². The first-order valence-corrected chi connectivity index (χ1v) is 32.5. The van der Waals surface area contributed by atoms with Crippen molar-refractivity contribution in [1.29, 1.82) is 0 Å². The van der Waals surface area contributed by atoms with Crippen LogP contribution in [0.25, 0.3) is 0 Å². The molecule has 4 aromatic rings. The second-order valence-corrected chi connectivity index (χ2v) is 29.2. The molecule has 0 aromatic heterocycles. The van der Waals surface area contributed by atoms with Crippen molar-refractivity contribution >= 4 is 5.78 Å². The second-order valence-electron chi connectivity index (χ2n) is 29.2. The highest BCUT2D eigenvalue weighted by molar-refractivity contribution is 5.90. The van der Waals surface area contributed by atoms with Gasteiger partial charge in [0.1, 0.15) is 12.2 Å². The summed E-state index contributed by atoms with van der Waals surface area (Å²) < 4.78 is 19.2. The molecule has 4 aromatic carbocycles. The fourth-order valence-corrected chi connectivity index (χ4v) is 20.9. The first kappa shape index (κ1) is 53.3. The maximum Gasteiger partial charge on any atom is 0.174 e. The molecule has 15 nitrogen and oxygen atoms in total. The topological polar surface area (TPSA) is 191 Å². The van der Waals surface area contributed by atoms with E-state index in [0.29, 0.717) is 30.1 Å². The summed E-state index contributed by atoms with van der Waals surface area (Å²) >= 11 is 0. The number of rotatable bonds is 10. The quantitative estimate of drug-likeness (QED) is 0.0908. The van der Waals surface area contributed by atoms with Crippen LogP contribution in [0.4, 0.5) is 0 Å². The van der Waals surface area contributed by atoms with Gasteiger partial charge in [-0.2, -0.15) is 0 Å². The SMILES string of the molecule is CN(Cc1ccccc1)[C@@H]1CC[C@@]2(O)[C@H]3Cc4ccc(O)c5c4[C@@]2(CCN3CC2CC2)[C@H]1O5.CNC1CC[C@@]2(O)[C@H]3Cc4ccc(O)c5c4[C@@]2(CCN3CC2CC2)[C@H]1O5.O=C1CC[C@@]2(O)[C@H]3Cc4ccc(O)c5c4[C@@]2(CCN3CC2CC2)[C@H]1O5. The molecule has 6 saturated carbocycles. The maximum atomic E-state index is 12.7. The number of benzene rings is 4. The third kappa shape index (κ3) is 7.12. The van der Waals surface area contributed by atoms with E-state index in [1.54, 1.807) is 18.2 Å². The Labute approximate surface area is 493 Å². The molecule has 84 heavy (non-hydrogen) atoms. The zero-order valence-electron chi connectivity index (χ0n) is 49.0. The van der Waals surface area contributed by atoms with Crippen LogP contribution in [0.15, 0.2) is 66.7 Å². The summed E-state index contributed by atoms with van der Waals surface area (Å²) in [5.41, 5.74) is 4.14. The molecule has 6 aliphatic heterocycles. The molecular weight excluding hydrogens is 1060 g/mol. The molecule has 3 spiro atoms. The first-order valence-electron chi connectivity index (χ1n) is 32.5. The molecule has 9 fully saturated rings. The predicted octanol–water partition coefficient (Wildman–Crippen LogP) is 6.53. The van der Waals surface area contributed by atoms with Crippen molar-refractivity contribution in [3.8, 4) is 34.5 Å². The number of piperidine rings is 3. The molecule has 9 aliphatic carbocycles. The summed E-state index contributed by atoms with van der Waals surface area (Å²) in [4.78, 5) is 22.8. The van der Waals surface area contributed by atoms with E-state index in [4.69, 9.17) is 14.2 Å². The molecular formula is C69H85N5O10. The smallest absolute Gasteiger partial charge is 0.174 e. The molecule has 1 unspecified atom stereocenters. The number of phenols is 3. The van der Waals surface area contributed by atoms with Crippen molar-refractivity contribution < 1.29 is 49.6 Å². The molecule has 14 atom stereocenters. The number of likely N-dealkylation sites (N-methyl/N-ethyl adjacent to an activating group) is 2. The number of nitrogens with one attached hydrogen (secondary N) is 1. The monoisotopic (exact) mass is 1140 g/mol. The van der Waals surface area contributed by atoms with Gasteiger partial charge in [-0.1, -0.05) is 48.5 Å². The van der Waals surface area contributed by atoms with Crippen molar-refractivity contribution in [3.63, 3.8) is 0 Å². The Morgan fingerprint density at radius 3 is 1.48 bits per heavy atom. The Morgan fingerprint density at radius 2 is 0.976 bits per heavy atom. The van der Waals surface area contributed by atoms with E-state index in [2.05, 4.69) is 74.4 Å². The Bertz CT molecular complexity index is 3350. The van der Waals surface area contributed by atoms with Crippen LogP contribution in [-0.4, -0.2) is 175 Å². The highest BCUT2D eigenvalue weighted by Gasteiger charge is 2.76. The average molecular weight is 1140 g/mol. The number of likely N-dealkylation sites (tertiary alicyclic amines) is 3. The highest BCUT2D eigenvalue weighted by atomic mass is 16.5. The summed E-state index contributed by atoms with van der Waals surface area (Å²) in [6.07, 6.45) is 16.4. The number of Topliss-reactive ketones (excluding diaryl/α,β-unsaturated/α-hetero) is 1. The lowest BCUT2D eigenvalue weighted by Crippen LogP contribution is -2.78. The van der Waals surface area contributed by atoms with E-state index < -0.39 is 33.7 Å². The van der Waals surface area contributed by atoms with E-state index in [0.717, 1.165) is 150 Å². The van der Waals surface area contributed by atoms with Crippen molar-refractivity contribution in [2.75, 3.05) is 53.4 Å². The maximum absolute atomic E-state index is 12.7. The van der Waals surface area contributed by atoms with Gasteiger partial charge in [0, 0.05) is 79.5 Å². The van der Waals surface area contributed by atoms with Crippen LogP contribution in [0.5, 0.6) is 34.5 Å². The molecule has 6 heterocycles. The number of carbonyl (C=O) groups is 1. The molecule has 15 heteroatoms. The van der Waals surface area contributed by atoms with Gasteiger partial charge in [-0.05, 0) is 201 Å². The van der Waals surface area contributed by atoms with E-state index in [9.17, 15) is 35.4 Å². The lowest BCUT2D eigenvalue weighted by molar-refractivity contribution is -0.200. The Balaban J connectivity index is 0.000000100. The molecule has 3 saturated heterocycles. The minimum atomic E-state index is -0.940. The van der Waals surface area contributed by atoms with E-state index in [-0.39, 0.29) is 70.9 Å². The van der Waals surface area contributed by atoms with Crippen LogP contribution in [0.2, 0.25) is 0 Å². The van der Waals surface area contributed by atoms with E-state index >= 15 is 0 Å². The number of phenolic OH excluding ortho intramolecular Hbond substituents is 3. The molecule has 0 amide bonds. The number of ketones is 1. The summed E-state index contributed by atoms with van der Waals surface area (Å²) in [6.45, 7) is 7.08. The first-order chi connectivity index (χ1) is 40.6. The van der Waals surface area contributed by atoms with E-state index in [1.165, 1.54) is 55.2 Å². The van der Waals surface area contributed by atoms with E-state index in [1.807, 2.05) is 13.1 Å². The van der Waals surface area contributed by atoms with Crippen LogP contribution in [0.3, 0.4) is 0 Å². The molecule has 7 N–H and O–H groups in total. The summed E-state index contributed by atoms with van der Waals surface area (Å²) in [7, 11) is 4.18. The summed E-state index contributed by atoms with van der Waals surface area (Å²) in [5.74, 6) is 4.76. The lowest BCUT2D eigenvalue weighted by Gasteiger charge is -2.64. The minimum absolute atomic E-state index is 0.0454. The number of carbonyl (C=O) groups excluding carboxylic acids is 1. The van der Waals surface area contributed by atoms with Gasteiger partial charge in [-0.15, -0.1) is 0 Å². The number of aliphatic hydroxyl groups is 3. The number of nitrogens with zero attached hydrogens (tertiary/aromatic N) is 4. The highest BCUT2D eigenvalue weighted by Crippen LogP contribution is 2.69. The van der Waals surface area contributed by atoms with Crippen LogP contribution >= 0.6 is 0 Å². The summed E-state index contributed by atoms with van der Waals surface area (Å²) in [6, 6.07) is 22.7. The Kier molecular flexibility index (Phi) is 11.8. The zero-order chi connectivity index (χ0) is 57.0. The summed E-state index contributed by atoms with van der Waals surface area (Å²) in [5, 5.41) is 71.8. The van der Waals surface area contributed by atoms with Crippen LogP contribution in [-0.2, 0) is 46.8 Å². The third-order valence-electron chi connectivity index (χ3n) is 25.3.